The van der Waals surface area contributed by atoms with Crippen LogP contribution in [0.4, 0.5) is 22.7 Å². The Balaban J connectivity index is 0.869. The molecule has 14 rings (SSSR count). The molecule has 0 amide bonds. The van der Waals surface area contributed by atoms with Gasteiger partial charge >= 0.3 is 0 Å². The number of benzene rings is 10. The highest BCUT2D eigenvalue weighted by Crippen LogP contribution is 2.66. The van der Waals surface area contributed by atoms with E-state index in [0.29, 0.717) is 0 Å². The maximum absolute atomic E-state index is 2.45. The highest BCUT2D eigenvalue weighted by Gasteiger charge is 2.54. The summed E-state index contributed by atoms with van der Waals surface area (Å²) in [6.07, 6.45) is 13.2. The number of fused-ring (bicyclic) bond motifs is 20. The number of allylic oxidation sites excluding steroid dienone is 6. The van der Waals surface area contributed by atoms with Crippen LogP contribution >= 0.6 is 0 Å². The van der Waals surface area contributed by atoms with Gasteiger partial charge in [-0.1, -0.05) is 218 Å². The Hall–Kier alpha value is -9.24. The number of nitrogens with zero attached hydrogens (tertiary/aromatic N) is 2. The van der Waals surface area contributed by atoms with Gasteiger partial charge in [0.25, 0.3) is 0 Å². The molecule has 76 heavy (non-hydrogen) atoms. The molecular formula is C74H56N2. The number of hydrogen-bond acceptors (Lipinski definition) is 2. The van der Waals surface area contributed by atoms with Crippen LogP contribution in [-0.4, -0.2) is 0 Å². The van der Waals surface area contributed by atoms with Crippen LogP contribution in [-0.2, 0) is 10.8 Å². The third kappa shape index (κ3) is 6.16. The largest absolute Gasteiger partial charge is 0.310 e. The Bertz CT molecular complexity index is 3750. The zero-order valence-electron chi connectivity index (χ0n) is 43.3. The average molecular weight is 973 g/mol. The zero-order chi connectivity index (χ0) is 51.1. The van der Waals surface area contributed by atoms with E-state index in [4.69, 9.17) is 0 Å². The molecule has 10 aromatic carbocycles. The van der Waals surface area contributed by atoms with Crippen molar-refractivity contribution in [2.75, 3.05) is 9.80 Å². The van der Waals surface area contributed by atoms with E-state index in [1.165, 1.54) is 89.0 Å². The summed E-state index contributed by atoms with van der Waals surface area (Å²) >= 11 is 0. The van der Waals surface area contributed by atoms with E-state index in [2.05, 4.69) is 304 Å². The fourth-order valence-corrected chi connectivity index (χ4v) is 14.0. The Morgan fingerprint density at radius 3 is 0.868 bits per heavy atom. The predicted molar refractivity (Wildman–Crippen MR) is 319 cm³/mol. The lowest BCUT2D eigenvalue weighted by atomic mass is 9.70. The quantitative estimate of drug-likeness (QED) is 0.133. The molecule has 2 spiro atoms. The summed E-state index contributed by atoms with van der Waals surface area (Å²) in [5.74, 6) is 0. The van der Waals surface area contributed by atoms with Crippen LogP contribution in [0.3, 0.4) is 0 Å². The second kappa shape index (κ2) is 17.7. The van der Waals surface area contributed by atoms with Gasteiger partial charge in [-0.2, -0.15) is 0 Å². The second-order valence-corrected chi connectivity index (χ2v) is 20.4. The molecule has 362 valence electrons. The molecule has 0 unspecified atom stereocenters. The minimum absolute atomic E-state index is 0.425. The van der Waals surface area contributed by atoms with Crippen molar-refractivity contribution in [3.8, 4) is 55.6 Å². The molecule has 0 atom stereocenters. The molecule has 0 radical (unpaired) electrons. The topological polar surface area (TPSA) is 6.48 Å². The monoisotopic (exact) mass is 972 g/mol. The van der Waals surface area contributed by atoms with Crippen molar-refractivity contribution >= 4 is 22.7 Å². The zero-order valence-corrected chi connectivity index (χ0v) is 43.3. The number of anilines is 4. The second-order valence-electron chi connectivity index (χ2n) is 20.4. The summed E-state index contributed by atoms with van der Waals surface area (Å²) in [6.45, 7) is 8.50. The third-order valence-corrected chi connectivity index (χ3v) is 16.8. The van der Waals surface area contributed by atoms with Crippen molar-refractivity contribution in [3.63, 3.8) is 0 Å². The minimum atomic E-state index is -0.425. The Morgan fingerprint density at radius 2 is 0.566 bits per heavy atom. The molecule has 0 bridgehead atoms. The van der Waals surface area contributed by atoms with Gasteiger partial charge in [-0.05, 0) is 165 Å². The Kier molecular flexibility index (Phi) is 10.6. The van der Waals surface area contributed by atoms with E-state index in [-0.39, 0.29) is 0 Å². The van der Waals surface area contributed by atoms with Gasteiger partial charge in [0.15, 0.2) is 0 Å². The van der Waals surface area contributed by atoms with Crippen LogP contribution in [0.15, 0.2) is 278 Å². The molecule has 0 N–H and O–H groups in total. The maximum Gasteiger partial charge on any atom is 0.0726 e. The molecule has 0 fully saturated rings. The van der Waals surface area contributed by atoms with E-state index in [9.17, 15) is 0 Å². The van der Waals surface area contributed by atoms with Crippen molar-refractivity contribution < 1.29 is 0 Å². The van der Waals surface area contributed by atoms with Crippen LogP contribution < -0.4 is 9.80 Å². The number of hydrogen-bond donors (Lipinski definition) is 0. The summed E-state index contributed by atoms with van der Waals surface area (Å²) in [5, 5.41) is 0. The lowest BCUT2D eigenvalue weighted by molar-refractivity contribution is 0.793. The highest BCUT2D eigenvalue weighted by molar-refractivity contribution is 6.02. The molecule has 0 heterocycles. The molecule has 0 aliphatic heterocycles. The van der Waals surface area contributed by atoms with E-state index in [1.807, 2.05) is 0 Å². The summed E-state index contributed by atoms with van der Waals surface area (Å²) in [6, 6.07) is 86.6. The van der Waals surface area contributed by atoms with E-state index < -0.39 is 10.8 Å². The van der Waals surface area contributed by atoms with Gasteiger partial charge in [0.2, 0.25) is 0 Å². The van der Waals surface area contributed by atoms with E-state index in [1.54, 1.807) is 0 Å². The molecular weight excluding hydrogens is 917 g/mol. The summed E-state index contributed by atoms with van der Waals surface area (Å²) in [7, 11) is 0. The SMILES string of the molecule is C/C=C\C(=C/C)N(c1ccc(-c2ccc(N(C(/C=C\C)=C/C)c3cccc4c3-c3ccccc3C43c4ccccc4-c4ccccc43)cc2)cc1)c1cccc2c1-c1ccccc1C21c2ccccc2-c2ccccc21. The first-order valence-electron chi connectivity index (χ1n) is 26.8. The van der Waals surface area contributed by atoms with Crippen LogP contribution in [0, 0.1) is 0 Å². The fraction of sp³-hybridized carbons (Fsp3) is 0.0811. The van der Waals surface area contributed by atoms with Gasteiger partial charge in [0.1, 0.15) is 0 Å². The van der Waals surface area contributed by atoms with Gasteiger partial charge < -0.3 is 9.80 Å². The van der Waals surface area contributed by atoms with Gasteiger partial charge in [0.05, 0.1) is 22.2 Å². The molecule has 4 aliphatic rings. The van der Waals surface area contributed by atoms with Crippen molar-refractivity contribution in [3.05, 3.63) is 323 Å². The van der Waals surface area contributed by atoms with Crippen LogP contribution in [0.1, 0.15) is 72.2 Å². The smallest absolute Gasteiger partial charge is 0.0726 e. The van der Waals surface area contributed by atoms with Gasteiger partial charge in [0, 0.05) is 33.9 Å². The molecule has 10 aromatic rings. The average Bonchev–Trinajstić information content (AvgIpc) is 4.34. The van der Waals surface area contributed by atoms with Crippen molar-refractivity contribution in [2.45, 2.75) is 38.5 Å². The first-order valence-corrected chi connectivity index (χ1v) is 26.8. The lowest BCUT2D eigenvalue weighted by Crippen LogP contribution is -2.26. The molecule has 0 saturated carbocycles. The number of rotatable bonds is 9. The van der Waals surface area contributed by atoms with Crippen LogP contribution in [0.25, 0.3) is 55.6 Å². The van der Waals surface area contributed by atoms with E-state index in [0.717, 1.165) is 45.3 Å². The van der Waals surface area contributed by atoms with Crippen molar-refractivity contribution in [1.29, 1.82) is 0 Å². The summed E-state index contributed by atoms with van der Waals surface area (Å²) < 4.78 is 0. The van der Waals surface area contributed by atoms with Gasteiger partial charge in [-0.25, -0.2) is 0 Å². The molecule has 2 heteroatoms. The summed E-state index contributed by atoms with van der Waals surface area (Å²) in [4.78, 5) is 4.91. The molecule has 4 aliphatic carbocycles. The summed E-state index contributed by atoms with van der Waals surface area (Å²) in [5.41, 5.74) is 29.3. The van der Waals surface area contributed by atoms with Gasteiger partial charge in [-0.15, -0.1) is 0 Å². The van der Waals surface area contributed by atoms with Crippen LogP contribution in [0.2, 0.25) is 0 Å². The molecule has 0 saturated heterocycles. The minimum Gasteiger partial charge on any atom is -0.310 e. The lowest BCUT2D eigenvalue weighted by Gasteiger charge is -2.32. The third-order valence-electron chi connectivity index (χ3n) is 16.8. The molecule has 0 aromatic heterocycles. The normalized spacial score (nSPS) is 14.6. The van der Waals surface area contributed by atoms with Gasteiger partial charge in [-0.3, -0.25) is 0 Å². The standard InChI is InChI=1S/C74H56N2/c1-5-23-51(7-3)75(69-39-21-37-67-71(69)59-29-13-19-35-65(59)73(67)61-31-15-9-25-55(61)56-26-10-16-32-62(56)73)53-45-41-49(42-46-53)50-43-47-54(48-44-50)76(52(8-4)24-6-2)70-40-22-38-68-72(70)60-30-14-20-36-66(60)74(68)63-33-17-11-27-57(63)58-28-12-18-34-64(58)74/h5-48H,1-4H3/b23-5-,24-6-,51-7+,52-8+. The molecule has 2 nitrogen and oxygen atoms in total. The predicted octanol–water partition coefficient (Wildman–Crippen LogP) is 19.3. The first-order chi connectivity index (χ1) is 37.6. The van der Waals surface area contributed by atoms with E-state index >= 15 is 0 Å². The highest BCUT2D eigenvalue weighted by atomic mass is 15.2. The fourth-order valence-electron chi connectivity index (χ4n) is 14.0. The van der Waals surface area contributed by atoms with Crippen LogP contribution in [0.5, 0.6) is 0 Å². The Labute approximate surface area is 447 Å². The maximum atomic E-state index is 2.45. The first kappa shape index (κ1) is 45.4. The van der Waals surface area contributed by atoms with Crippen molar-refractivity contribution in [2.24, 2.45) is 0 Å². The Morgan fingerprint density at radius 1 is 0.289 bits per heavy atom. The van der Waals surface area contributed by atoms with Crippen molar-refractivity contribution in [1.82, 2.24) is 0 Å².